The largest absolute Gasteiger partial charge is 0.376 e. The Morgan fingerprint density at radius 3 is 2.81 bits per heavy atom. The summed E-state index contributed by atoms with van der Waals surface area (Å²) in [7, 11) is 2.11. The monoisotopic (exact) mass is 291 g/mol. The summed E-state index contributed by atoms with van der Waals surface area (Å²) in [4.78, 5) is 6.93. The van der Waals surface area contributed by atoms with Crippen LogP contribution in [0.25, 0.3) is 0 Å². The van der Waals surface area contributed by atoms with E-state index in [0.29, 0.717) is 6.10 Å². The van der Waals surface area contributed by atoms with Crippen molar-refractivity contribution in [2.75, 3.05) is 19.7 Å². The molecule has 1 aliphatic carbocycles. The molecule has 4 nitrogen and oxygen atoms in total. The molecule has 1 aliphatic heterocycles. The molecule has 0 N–H and O–H groups in total. The van der Waals surface area contributed by atoms with E-state index in [1.807, 2.05) is 6.20 Å². The smallest absolute Gasteiger partial charge is 0.105 e. The average molecular weight is 291 g/mol. The van der Waals surface area contributed by atoms with Crippen LogP contribution in [0.2, 0.25) is 0 Å². The zero-order valence-electron chi connectivity index (χ0n) is 13.6. The second-order valence-corrected chi connectivity index (χ2v) is 6.82. The highest BCUT2D eigenvalue weighted by Crippen LogP contribution is 2.29. The highest BCUT2D eigenvalue weighted by molar-refractivity contribution is 5.03. The Bertz CT molecular complexity index is 451. The van der Waals surface area contributed by atoms with E-state index in [4.69, 9.17) is 4.74 Å². The van der Waals surface area contributed by atoms with Crippen molar-refractivity contribution < 1.29 is 4.74 Å². The lowest BCUT2D eigenvalue weighted by Crippen LogP contribution is -2.43. The Balaban J connectivity index is 1.51. The first kappa shape index (κ1) is 15.0. The number of aromatic nitrogens is 2. The summed E-state index contributed by atoms with van der Waals surface area (Å²) in [5, 5.41) is 0. The molecule has 2 heterocycles. The third kappa shape index (κ3) is 3.86. The summed E-state index contributed by atoms with van der Waals surface area (Å²) in [6, 6.07) is 0. The van der Waals surface area contributed by atoms with E-state index in [1.165, 1.54) is 44.2 Å². The van der Waals surface area contributed by atoms with Crippen molar-refractivity contribution in [3.8, 4) is 0 Å². The van der Waals surface area contributed by atoms with Crippen LogP contribution >= 0.6 is 0 Å². The van der Waals surface area contributed by atoms with Gasteiger partial charge in [-0.05, 0) is 19.3 Å². The van der Waals surface area contributed by atoms with Crippen molar-refractivity contribution >= 4 is 0 Å². The second-order valence-electron chi connectivity index (χ2n) is 6.82. The Morgan fingerprint density at radius 2 is 2.10 bits per heavy atom. The predicted octanol–water partition coefficient (Wildman–Crippen LogP) is 2.90. The van der Waals surface area contributed by atoms with Gasteiger partial charge in [0.25, 0.3) is 0 Å². The van der Waals surface area contributed by atoms with Crippen molar-refractivity contribution in [1.29, 1.82) is 0 Å². The van der Waals surface area contributed by atoms with Crippen LogP contribution in [0.15, 0.2) is 6.20 Å². The molecule has 4 heteroatoms. The van der Waals surface area contributed by atoms with Gasteiger partial charge in [0.05, 0.1) is 18.4 Å². The average Bonchev–Trinajstić information content (AvgIpc) is 2.81. The zero-order chi connectivity index (χ0) is 14.7. The third-order valence-corrected chi connectivity index (χ3v) is 5.25. The molecule has 3 rings (SSSR count). The van der Waals surface area contributed by atoms with E-state index in [2.05, 4.69) is 28.4 Å². The van der Waals surface area contributed by atoms with Crippen LogP contribution in [0.4, 0.5) is 0 Å². The van der Waals surface area contributed by atoms with Gasteiger partial charge < -0.3 is 9.30 Å². The van der Waals surface area contributed by atoms with Crippen LogP contribution in [-0.4, -0.2) is 40.3 Å². The highest BCUT2D eigenvalue weighted by Gasteiger charge is 2.25. The molecule has 0 radical (unpaired) electrons. The van der Waals surface area contributed by atoms with Gasteiger partial charge in [-0.1, -0.05) is 32.1 Å². The fraction of sp³-hybridized carbons (Fsp3) is 0.824. The Kier molecular flexibility index (Phi) is 4.96. The van der Waals surface area contributed by atoms with Gasteiger partial charge in [0, 0.05) is 32.9 Å². The van der Waals surface area contributed by atoms with Crippen LogP contribution in [0.5, 0.6) is 0 Å². The van der Waals surface area contributed by atoms with Gasteiger partial charge in [-0.25, -0.2) is 4.98 Å². The summed E-state index contributed by atoms with van der Waals surface area (Å²) < 4.78 is 8.22. The van der Waals surface area contributed by atoms with E-state index in [-0.39, 0.29) is 0 Å². The fourth-order valence-electron chi connectivity index (χ4n) is 3.79. The van der Waals surface area contributed by atoms with E-state index in [9.17, 15) is 0 Å². The van der Waals surface area contributed by atoms with Crippen LogP contribution in [0, 0.1) is 12.8 Å². The molecule has 0 bridgehead atoms. The number of morpholine rings is 1. The minimum Gasteiger partial charge on any atom is -0.376 e. The van der Waals surface area contributed by atoms with Crippen LogP contribution in [0.1, 0.15) is 50.0 Å². The summed E-state index contributed by atoms with van der Waals surface area (Å²) in [6.45, 7) is 6.08. The van der Waals surface area contributed by atoms with E-state index >= 15 is 0 Å². The van der Waals surface area contributed by atoms with Crippen LogP contribution < -0.4 is 0 Å². The van der Waals surface area contributed by atoms with Crippen molar-refractivity contribution in [1.82, 2.24) is 14.5 Å². The normalized spacial score (nSPS) is 25.3. The first-order valence-electron chi connectivity index (χ1n) is 8.53. The number of hydrogen-bond acceptors (Lipinski definition) is 3. The van der Waals surface area contributed by atoms with Crippen LogP contribution in [-0.2, 0) is 18.3 Å². The SMILES string of the molecule is Cc1ncc(CN2CCO[C@@H](CC3CCCCC3)C2)n1C. The Labute approximate surface area is 128 Å². The van der Waals surface area contributed by atoms with Gasteiger partial charge >= 0.3 is 0 Å². The lowest BCUT2D eigenvalue weighted by atomic mass is 9.85. The predicted molar refractivity (Wildman–Crippen MR) is 84.2 cm³/mol. The zero-order valence-corrected chi connectivity index (χ0v) is 13.6. The van der Waals surface area contributed by atoms with Crippen LogP contribution in [0.3, 0.4) is 0 Å². The number of rotatable bonds is 4. The third-order valence-electron chi connectivity index (χ3n) is 5.25. The minimum absolute atomic E-state index is 0.441. The number of nitrogens with zero attached hydrogens (tertiary/aromatic N) is 3. The second kappa shape index (κ2) is 6.93. The summed E-state index contributed by atoms with van der Waals surface area (Å²) >= 11 is 0. The molecule has 1 saturated carbocycles. The summed E-state index contributed by atoms with van der Waals surface area (Å²) in [5.41, 5.74) is 1.31. The van der Waals surface area contributed by atoms with Gasteiger partial charge in [0.15, 0.2) is 0 Å². The van der Waals surface area contributed by atoms with Gasteiger partial charge in [0.1, 0.15) is 5.82 Å². The fourth-order valence-corrected chi connectivity index (χ4v) is 3.79. The number of hydrogen-bond donors (Lipinski definition) is 0. The molecule has 0 amide bonds. The molecule has 1 aromatic rings. The number of aryl methyl sites for hydroxylation is 1. The first-order valence-corrected chi connectivity index (χ1v) is 8.53. The maximum absolute atomic E-state index is 6.02. The molecule has 1 saturated heterocycles. The number of imidazole rings is 1. The van der Waals surface area contributed by atoms with E-state index in [0.717, 1.165) is 38.0 Å². The molecule has 21 heavy (non-hydrogen) atoms. The first-order chi connectivity index (χ1) is 10.2. The van der Waals surface area contributed by atoms with Gasteiger partial charge in [0.2, 0.25) is 0 Å². The summed E-state index contributed by atoms with van der Waals surface area (Å²) in [6.07, 6.45) is 10.8. The van der Waals surface area contributed by atoms with Crippen molar-refractivity contribution in [3.63, 3.8) is 0 Å². The minimum atomic E-state index is 0.441. The molecule has 118 valence electrons. The Hall–Kier alpha value is -0.870. The molecular formula is C17H29N3O. The molecule has 1 aromatic heterocycles. The summed E-state index contributed by atoms with van der Waals surface area (Å²) in [5.74, 6) is 2.00. The molecule has 1 atom stereocenters. The van der Waals surface area contributed by atoms with Crippen molar-refractivity contribution in [2.45, 2.75) is 58.1 Å². The lowest BCUT2D eigenvalue weighted by molar-refractivity contribution is -0.0444. The van der Waals surface area contributed by atoms with E-state index < -0.39 is 0 Å². The highest BCUT2D eigenvalue weighted by atomic mass is 16.5. The molecular weight excluding hydrogens is 262 g/mol. The number of ether oxygens (including phenoxy) is 1. The van der Waals surface area contributed by atoms with Gasteiger partial charge in [-0.2, -0.15) is 0 Å². The standard InChI is InChI=1S/C17H29N3O/c1-14-18-11-16(19(14)2)12-20-8-9-21-17(13-20)10-15-6-4-3-5-7-15/h11,15,17H,3-10,12-13H2,1-2H3/t17-/m0/s1. The topological polar surface area (TPSA) is 30.3 Å². The van der Waals surface area contributed by atoms with Gasteiger partial charge in [-0.3, -0.25) is 4.90 Å². The van der Waals surface area contributed by atoms with Crippen molar-refractivity contribution in [3.05, 3.63) is 17.7 Å². The Morgan fingerprint density at radius 1 is 1.29 bits per heavy atom. The molecule has 2 fully saturated rings. The molecule has 2 aliphatic rings. The van der Waals surface area contributed by atoms with E-state index in [1.54, 1.807) is 0 Å². The molecule has 0 unspecified atom stereocenters. The molecule has 0 aromatic carbocycles. The maximum atomic E-state index is 6.02. The lowest BCUT2D eigenvalue weighted by Gasteiger charge is -2.35. The quantitative estimate of drug-likeness (QED) is 0.854. The van der Waals surface area contributed by atoms with Gasteiger partial charge in [-0.15, -0.1) is 0 Å². The van der Waals surface area contributed by atoms with Crippen molar-refractivity contribution in [2.24, 2.45) is 13.0 Å². The maximum Gasteiger partial charge on any atom is 0.105 e. The molecule has 0 spiro atoms.